The molecule has 0 saturated carbocycles. The van der Waals surface area contributed by atoms with Gasteiger partial charge in [-0.1, -0.05) is 11.2 Å². The topological polar surface area (TPSA) is 153 Å². The number of fused-ring (bicyclic) bond motifs is 5. The second-order valence-electron chi connectivity index (χ2n) is 12.8. The van der Waals surface area contributed by atoms with E-state index in [2.05, 4.69) is 41.5 Å². The fourth-order valence-electron chi connectivity index (χ4n) is 8.24. The summed E-state index contributed by atoms with van der Waals surface area (Å²) >= 11 is 0. The van der Waals surface area contributed by atoms with Gasteiger partial charge in [0, 0.05) is 55.8 Å². The quantitative estimate of drug-likeness (QED) is 0.310. The van der Waals surface area contributed by atoms with Crippen LogP contribution in [0.5, 0.6) is 5.88 Å². The Labute approximate surface area is 261 Å². The molecule has 12 nitrogen and oxygen atoms in total. The van der Waals surface area contributed by atoms with E-state index in [1.165, 1.54) is 0 Å². The first kappa shape index (κ1) is 28.2. The van der Waals surface area contributed by atoms with E-state index in [1.807, 2.05) is 18.3 Å². The van der Waals surface area contributed by atoms with Gasteiger partial charge in [-0.05, 0) is 69.7 Å². The van der Waals surface area contributed by atoms with E-state index in [4.69, 9.17) is 34.8 Å². The number of nitrogens with two attached hydrogens (primary N) is 1. The van der Waals surface area contributed by atoms with Gasteiger partial charge in [-0.3, -0.25) is 4.90 Å². The van der Waals surface area contributed by atoms with Crippen LogP contribution in [0, 0.1) is 11.3 Å². The number of aryl methyl sites for hydroxylation is 1. The van der Waals surface area contributed by atoms with Crippen LogP contribution < -0.4 is 15.8 Å². The number of hydrogen-bond acceptors (Lipinski definition) is 11. The highest BCUT2D eigenvalue weighted by Crippen LogP contribution is 2.54. The fraction of sp³-hybridized carbons (Fsp3) is 0.485. The van der Waals surface area contributed by atoms with Crippen LogP contribution in [-0.4, -0.2) is 68.8 Å². The monoisotopic (exact) mass is 607 g/mol. The Kier molecular flexibility index (Phi) is 6.67. The van der Waals surface area contributed by atoms with Gasteiger partial charge in [0.1, 0.15) is 12.2 Å². The van der Waals surface area contributed by atoms with Crippen molar-refractivity contribution in [3.05, 3.63) is 63.7 Å². The van der Waals surface area contributed by atoms with Crippen molar-refractivity contribution in [1.82, 2.24) is 35.1 Å². The zero-order chi connectivity index (χ0) is 30.9. The number of nitriles is 1. The summed E-state index contributed by atoms with van der Waals surface area (Å²) in [5, 5.41) is 22.9. The highest BCUT2D eigenvalue weighted by Gasteiger charge is 2.49. The summed E-state index contributed by atoms with van der Waals surface area (Å²) < 4.78 is 20.4. The molecule has 45 heavy (non-hydrogen) atoms. The molecular weight excluding hydrogens is 570 g/mol. The molecule has 3 N–H and O–H groups in total. The van der Waals surface area contributed by atoms with Crippen molar-refractivity contribution in [2.75, 3.05) is 26.4 Å². The number of anilines is 1. The lowest BCUT2D eigenvalue weighted by atomic mass is 9.68. The van der Waals surface area contributed by atoms with Gasteiger partial charge >= 0.3 is 0 Å². The second kappa shape index (κ2) is 10.7. The van der Waals surface area contributed by atoms with Crippen LogP contribution >= 0.6 is 0 Å². The van der Waals surface area contributed by atoms with Crippen LogP contribution in [0.1, 0.15) is 71.9 Å². The fourth-order valence-corrected chi connectivity index (χ4v) is 8.24. The number of likely N-dealkylation sites (tertiary alicyclic amines) is 1. The predicted octanol–water partition coefficient (Wildman–Crippen LogP) is 3.43. The Hall–Kier alpha value is -4.31. The molecule has 3 aromatic heterocycles. The molecule has 5 heterocycles. The Morgan fingerprint density at radius 2 is 2.09 bits per heavy atom. The van der Waals surface area contributed by atoms with E-state index < -0.39 is 5.41 Å². The lowest BCUT2D eigenvalue weighted by Gasteiger charge is -2.33. The molecule has 1 fully saturated rings. The predicted molar refractivity (Wildman–Crippen MR) is 165 cm³/mol. The average Bonchev–Trinajstić information content (AvgIpc) is 3.86. The van der Waals surface area contributed by atoms with Gasteiger partial charge in [0.15, 0.2) is 23.1 Å². The summed E-state index contributed by atoms with van der Waals surface area (Å²) in [6, 6.07) is 8.20. The lowest BCUT2D eigenvalue weighted by Crippen LogP contribution is -2.44. The number of likely N-dealkylation sites (N-methyl/N-ethyl adjacent to an activating group) is 1. The summed E-state index contributed by atoms with van der Waals surface area (Å²) in [5.41, 5.74) is 12.8. The Balaban J connectivity index is 1.23. The molecule has 0 amide bonds. The summed E-state index contributed by atoms with van der Waals surface area (Å²) in [6.07, 6.45) is 7.12. The van der Waals surface area contributed by atoms with Crippen molar-refractivity contribution in [2.45, 2.75) is 82.2 Å². The first-order valence-electron chi connectivity index (χ1n) is 15.8. The molecule has 0 radical (unpaired) electrons. The van der Waals surface area contributed by atoms with Gasteiger partial charge in [0.05, 0.1) is 28.8 Å². The highest BCUT2D eigenvalue weighted by atomic mass is 16.5. The summed E-state index contributed by atoms with van der Waals surface area (Å²) in [6.45, 7) is 4.50. The maximum Gasteiger partial charge on any atom is 0.219 e. The van der Waals surface area contributed by atoms with Crippen LogP contribution in [0.4, 0.5) is 5.69 Å². The van der Waals surface area contributed by atoms with Crippen molar-refractivity contribution in [3.8, 4) is 29.3 Å². The minimum Gasteiger partial charge on any atom is -0.473 e. The lowest BCUT2D eigenvalue weighted by molar-refractivity contribution is 0.0174. The normalized spacial score (nSPS) is 24.4. The van der Waals surface area contributed by atoms with Crippen molar-refractivity contribution in [2.24, 2.45) is 0 Å². The van der Waals surface area contributed by atoms with Crippen LogP contribution in [0.25, 0.3) is 17.3 Å². The summed E-state index contributed by atoms with van der Waals surface area (Å²) in [4.78, 5) is 12.2. The molecule has 4 unspecified atom stereocenters. The molecule has 4 aliphatic rings. The first-order chi connectivity index (χ1) is 21.9. The van der Waals surface area contributed by atoms with Crippen molar-refractivity contribution in [3.63, 3.8) is 0 Å². The van der Waals surface area contributed by atoms with Gasteiger partial charge in [0.25, 0.3) is 0 Å². The molecule has 0 bridgehead atoms. The van der Waals surface area contributed by atoms with E-state index in [9.17, 15) is 5.26 Å². The van der Waals surface area contributed by atoms with Gasteiger partial charge in [-0.2, -0.15) is 15.3 Å². The van der Waals surface area contributed by atoms with Crippen LogP contribution in [-0.2, 0) is 36.1 Å². The van der Waals surface area contributed by atoms with E-state index >= 15 is 0 Å². The number of benzene rings is 1. The van der Waals surface area contributed by atoms with Crippen LogP contribution in [0.2, 0.25) is 0 Å². The Bertz CT molecular complexity index is 1820. The molecule has 12 heteroatoms. The molecule has 4 atom stereocenters. The molecular formula is C33H37N9O3. The number of nitrogens with one attached hydrogen (secondary N) is 1. The zero-order valence-corrected chi connectivity index (χ0v) is 25.8. The molecule has 2 aliphatic heterocycles. The molecule has 1 saturated heterocycles. The van der Waals surface area contributed by atoms with Crippen molar-refractivity contribution in [1.29, 1.82) is 5.26 Å². The first-order valence-corrected chi connectivity index (χ1v) is 15.8. The van der Waals surface area contributed by atoms with E-state index in [-0.39, 0.29) is 18.2 Å². The second-order valence-corrected chi connectivity index (χ2v) is 12.8. The standard InChI is InChI=1S/C33H37N9O3/c1-18(30-25(43-3)9-12-41(30)2)44-27-13-26(42-17-20-15-36-16-24(20)39-42)37-32(38-27)29-21-5-4-10-33(31(21)45-40-29)11-8-19-6-7-23(35)22(14-34)28(19)33/h6-7,13,17-18,25,30,36H,4-5,8-12,15-16,35H2,1-3H3. The third-order valence-electron chi connectivity index (χ3n) is 10.4. The molecule has 2 aliphatic carbocycles. The molecule has 1 spiro atoms. The van der Waals surface area contributed by atoms with E-state index in [1.54, 1.807) is 11.8 Å². The largest absolute Gasteiger partial charge is 0.473 e. The number of methoxy groups -OCH3 is 1. The third kappa shape index (κ3) is 4.36. The Morgan fingerprint density at radius 1 is 1.20 bits per heavy atom. The molecule has 1 aromatic carbocycles. The SMILES string of the molecule is COC1CCN(C)C1C(C)Oc1cc(-n2cc3c(n2)CNC3)nc(-c2noc3c2CCCC32CCc3ccc(N)c(C#N)c32)n1. The van der Waals surface area contributed by atoms with Crippen molar-refractivity contribution >= 4 is 5.69 Å². The van der Waals surface area contributed by atoms with Crippen molar-refractivity contribution < 1.29 is 14.0 Å². The molecule has 232 valence electrons. The number of rotatable bonds is 6. The maximum atomic E-state index is 10.1. The number of aromatic nitrogens is 5. The average molecular weight is 608 g/mol. The zero-order valence-electron chi connectivity index (χ0n) is 25.8. The number of nitrogen functional groups attached to an aromatic ring is 1. The van der Waals surface area contributed by atoms with Gasteiger partial charge < -0.3 is 25.0 Å². The minimum absolute atomic E-state index is 0.0766. The smallest absolute Gasteiger partial charge is 0.219 e. The van der Waals surface area contributed by atoms with Crippen LogP contribution in [0.3, 0.4) is 0 Å². The van der Waals surface area contributed by atoms with Crippen LogP contribution in [0.15, 0.2) is 28.9 Å². The maximum absolute atomic E-state index is 10.1. The number of nitrogens with zero attached hydrogens (tertiary/aromatic N) is 7. The summed E-state index contributed by atoms with van der Waals surface area (Å²) in [5.74, 6) is 2.28. The van der Waals surface area contributed by atoms with E-state index in [0.29, 0.717) is 34.5 Å². The number of ether oxygens (including phenoxy) is 2. The molecule has 8 rings (SSSR count). The van der Waals surface area contributed by atoms with Gasteiger partial charge in [-0.15, -0.1) is 0 Å². The van der Waals surface area contributed by atoms with E-state index in [0.717, 1.165) is 91.9 Å². The van der Waals surface area contributed by atoms with Gasteiger partial charge in [-0.25, -0.2) is 9.67 Å². The number of hydrogen-bond donors (Lipinski definition) is 2. The minimum atomic E-state index is -0.446. The highest BCUT2D eigenvalue weighted by molar-refractivity contribution is 5.68. The molecule has 4 aromatic rings. The Morgan fingerprint density at radius 3 is 2.91 bits per heavy atom. The van der Waals surface area contributed by atoms with Gasteiger partial charge in [0.2, 0.25) is 5.88 Å². The third-order valence-corrected chi connectivity index (χ3v) is 10.4. The summed E-state index contributed by atoms with van der Waals surface area (Å²) in [7, 11) is 3.86.